The van der Waals surface area contributed by atoms with Gasteiger partial charge in [-0.2, -0.15) is 0 Å². The lowest BCUT2D eigenvalue weighted by atomic mass is 9.33. The summed E-state index contributed by atoms with van der Waals surface area (Å²) >= 11 is 2.08. The van der Waals surface area contributed by atoms with E-state index >= 15 is 0 Å². The first-order chi connectivity index (χ1) is 30.9. The molecule has 0 N–H and O–H groups in total. The van der Waals surface area contributed by atoms with E-state index in [2.05, 4.69) is 227 Å². The number of anilines is 4. The van der Waals surface area contributed by atoms with Gasteiger partial charge in [-0.15, -0.1) is 11.3 Å². The normalized spacial score (nSPS) is 21.2. The summed E-state index contributed by atoms with van der Waals surface area (Å²) in [5.74, 6) is 0. The molecule has 1 unspecified atom stereocenters. The number of fused-ring (bicyclic) bond motifs is 8. The zero-order valence-corrected chi connectivity index (χ0v) is 43.2. The number of hydrogen-bond donors (Lipinski definition) is 0. The van der Waals surface area contributed by atoms with Crippen LogP contribution in [0.4, 0.5) is 22.7 Å². The molecule has 0 saturated carbocycles. The summed E-state index contributed by atoms with van der Waals surface area (Å²) in [5, 5.41) is 1.43. The van der Waals surface area contributed by atoms with Gasteiger partial charge in [0.2, 0.25) is 0 Å². The van der Waals surface area contributed by atoms with E-state index in [-0.39, 0.29) is 45.2 Å². The standard InChI is InChI=1S/C62H71BN2S/c1-57(2,3)40-20-23-42(24-21-40)64-50-34-41(58(4,5)6)22-27-49(50)63-54-51(64)32-39(38-18-16-15-17-19-38)33-52(54)65(43-25-26-45-46(35-43)60(9,10)29-28-59(45,7)8)55-44-36-47-48(37-53(44)66-56(55)63)62(13,14)31-30-61(47,11)12/h15-27,32,34-37,52H,28-31,33H2,1-14H3. The lowest BCUT2D eigenvalue weighted by molar-refractivity contribution is 0.332. The third-order valence-corrected chi connectivity index (χ3v) is 18.3. The van der Waals surface area contributed by atoms with Gasteiger partial charge in [0, 0.05) is 37.6 Å². The van der Waals surface area contributed by atoms with Gasteiger partial charge in [0.05, 0.1) is 11.7 Å². The molecule has 11 rings (SSSR count). The summed E-state index contributed by atoms with van der Waals surface area (Å²) in [6.07, 6.45) is 8.34. The Balaban J connectivity index is 1.27. The lowest BCUT2D eigenvalue weighted by Crippen LogP contribution is -2.60. The highest BCUT2D eigenvalue weighted by Crippen LogP contribution is 2.56. The first kappa shape index (κ1) is 43.8. The van der Waals surface area contributed by atoms with Crippen LogP contribution in [0.5, 0.6) is 0 Å². The van der Waals surface area contributed by atoms with E-state index in [0.29, 0.717) is 0 Å². The topological polar surface area (TPSA) is 6.48 Å². The van der Waals surface area contributed by atoms with Gasteiger partial charge in [-0.25, -0.2) is 0 Å². The fraction of sp³-hybridized carbons (Fsp3) is 0.419. The van der Waals surface area contributed by atoms with Gasteiger partial charge < -0.3 is 9.80 Å². The summed E-state index contributed by atoms with van der Waals surface area (Å²) < 4.78 is 2.92. The van der Waals surface area contributed by atoms with Crippen LogP contribution in [0.2, 0.25) is 0 Å². The average Bonchev–Trinajstić information content (AvgIpc) is 3.64. The van der Waals surface area contributed by atoms with Gasteiger partial charge in [-0.05, 0) is 169 Å². The summed E-state index contributed by atoms with van der Waals surface area (Å²) in [5.41, 5.74) is 21.7. The van der Waals surface area contributed by atoms with Crippen LogP contribution in [0, 0.1) is 0 Å². The molecule has 2 aliphatic heterocycles. The molecule has 338 valence electrons. The number of thiophene rings is 1. The van der Waals surface area contributed by atoms with Crippen molar-refractivity contribution in [2.45, 2.75) is 168 Å². The molecule has 66 heavy (non-hydrogen) atoms. The maximum atomic E-state index is 2.87. The van der Waals surface area contributed by atoms with Crippen LogP contribution in [0.1, 0.15) is 168 Å². The van der Waals surface area contributed by atoms with E-state index in [9.17, 15) is 0 Å². The molecule has 0 saturated heterocycles. The Labute approximate surface area is 401 Å². The third kappa shape index (κ3) is 6.69. The van der Waals surface area contributed by atoms with Gasteiger partial charge >= 0.3 is 0 Å². The van der Waals surface area contributed by atoms with Crippen molar-refractivity contribution < 1.29 is 0 Å². The Bertz CT molecular complexity index is 3030. The molecule has 2 nitrogen and oxygen atoms in total. The molecule has 0 amide bonds. The highest BCUT2D eigenvalue weighted by molar-refractivity contribution is 7.32. The molecular weight excluding hydrogens is 816 g/mol. The highest BCUT2D eigenvalue weighted by atomic mass is 32.1. The summed E-state index contributed by atoms with van der Waals surface area (Å²) in [7, 11) is 0. The number of hydrogen-bond acceptors (Lipinski definition) is 3. The van der Waals surface area contributed by atoms with Crippen molar-refractivity contribution in [1.29, 1.82) is 0 Å². The molecule has 5 aromatic carbocycles. The number of allylic oxidation sites excluding steroid dienone is 1. The lowest BCUT2D eigenvalue weighted by Gasteiger charge is -2.50. The second-order valence-corrected chi connectivity index (χ2v) is 26.6. The smallest absolute Gasteiger partial charge is 0.259 e. The monoisotopic (exact) mass is 887 g/mol. The van der Waals surface area contributed by atoms with Gasteiger partial charge in [0.15, 0.2) is 0 Å². The van der Waals surface area contributed by atoms with Crippen molar-refractivity contribution in [1.82, 2.24) is 0 Å². The molecule has 0 bridgehead atoms. The van der Waals surface area contributed by atoms with Gasteiger partial charge in [-0.3, -0.25) is 0 Å². The Hall–Kier alpha value is -4.80. The van der Waals surface area contributed by atoms with Crippen molar-refractivity contribution in [3.63, 3.8) is 0 Å². The van der Waals surface area contributed by atoms with Crippen molar-refractivity contribution in [2.24, 2.45) is 0 Å². The molecule has 0 fully saturated rings. The zero-order chi connectivity index (χ0) is 46.7. The van der Waals surface area contributed by atoms with Crippen LogP contribution in [0.3, 0.4) is 0 Å². The minimum atomic E-state index is -0.00874. The van der Waals surface area contributed by atoms with Crippen LogP contribution >= 0.6 is 11.3 Å². The van der Waals surface area contributed by atoms with E-state index in [1.165, 1.54) is 113 Å². The fourth-order valence-electron chi connectivity index (χ4n) is 12.6. The second kappa shape index (κ2) is 14.4. The first-order valence-electron chi connectivity index (χ1n) is 25.1. The van der Waals surface area contributed by atoms with Crippen molar-refractivity contribution in [2.75, 3.05) is 9.80 Å². The van der Waals surface area contributed by atoms with E-state index in [0.717, 1.165) is 6.42 Å². The van der Waals surface area contributed by atoms with Crippen LogP contribution < -0.4 is 20.0 Å². The molecule has 3 aliphatic carbocycles. The van der Waals surface area contributed by atoms with Crippen molar-refractivity contribution in [3.8, 4) is 0 Å². The van der Waals surface area contributed by atoms with Gasteiger partial charge in [0.25, 0.3) is 6.71 Å². The van der Waals surface area contributed by atoms with Crippen molar-refractivity contribution >= 4 is 66.7 Å². The van der Waals surface area contributed by atoms with E-state index in [1.807, 2.05) is 0 Å². The second-order valence-electron chi connectivity index (χ2n) is 25.5. The quantitative estimate of drug-likeness (QED) is 0.163. The summed E-state index contributed by atoms with van der Waals surface area (Å²) in [6, 6.07) is 41.5. The maximum Gasteiger partial charge on any atom is 0.259 e. The molecule has 4 heteroatoms. The number of nitrogens with zero attached hydrogens (tertiary/aromatic N) is 2. The molecule has 5 aliphatic rings. The highest BCUT2D eigenvalue weighted by Gasteiger charge is 2.51. The van der Waals surface area contributed by atoms with E-state index in [4.69, 9.17) is 0 Å². The number of rotatable bonds is 3. The first-order valence-corrected chi connectivity index (χ1v) is 25.9. The summed E-state index contributed by atoms with van der Waals surface area (Å²) in [4.78, 5) is 5.54. The van der Waals surface area contributed by atoms with Crippen LogP contribution in [0.15, 0.2) is 120 Å². The average molecular weight is 887 g/mol. The predicted molar refractivity (Wildman–Crippen MR) is 288 cm³/mol. The molecular formula is C62H71BN2S. The molecule has 1 aromatic heterocycles. The molecule has 3 heterocycles. The maximum absolute atomic E-state index is 2.87. The third-order valence-electron chi connectivity index (χ3n) is 17.1. The van der Waals surface area contributed by atoms with Crippen molar-refractivity contribution in [3.05, 3.63) is 159 Å². The number of benzene rings is 5. The van der Waals surface area contributed by atoms with Crippen LogP contribution in [0.25, 0.3) is 15.7 Å². The molecule has 0 radical (unpaired) electrons. The van der Waals surface area contributed by atoms with Gasteiger partial charge in [0.1, 0.15) is 0 Å². The van der Waals surface area contributed by atoms with E-state index in [1.54, 1.807) is 11.1 Å². The Morgan fingerprint density at radius 3 is 1.76 bits per heavy atom. The SMILES string of the molecule is CC(C)(C)c1ccc(N2C3=C4B(c5ccc(C(C)(C)C)cc52)c2sc5cc6c(cc5c2N(c2ccc5c(c2)C(C)(C)CCC5(C)C)C4CC(c2ccccc2)=C3)C(C)(C)CCC6(C)C)cc1. The predicted octanol–water partition coefficient (Wildman–Crippen LogP) is 15.8. The Morgan fingerprint density at radius 1 is 0.576 bits per heavy atom. The van der Waals surface area contributed by atoms with Crippen LogP contribution in [-0.4, -0.2) is 12.8 Å². The molecule has 6 aromatic rings. The van der Waals surface area contributed by atoms with E-state index < -0.39 is 0 Å². The Morgan fingerprint density at radius 2 is 1.14 bits per heavy atom. The molecule has 1 atom stereocenters. The van der Waals surface area contributed by atoms with Gasteiger partial charge in [-0.1, -0.05) is 158 Å². The fourth-order valence-corrected chi connectivity index (χ4v) is 14.0. The Kier molecular flexibility index (Phi) is 9.52. The molecule has 0 spiro atoms. The minimum absolute atomic E-state index is 0.00874. The largest absolute Gasteiger partial charge is 0.334 e. The minimum Gasteiger partial charge on any atom is -0.334 e. The van der Waals surface area contributed by atoms with Crippen LogP contribution in [-0.2, 0) is 32.5 Å². The zero-order valence-electron chi connectivity index (χ0n) is 42.4. The summed E-state index contributed by atoms with van der Waals surface area (Å²) in [6.45, 7) is 34.1.